The predicted octanol–water partition coefficient (Wildman–Crippen LogP) is 3.20. The van der Waals surface area contributed by atoms with Crippen molar-refractivity contribution in [2.45, 2.75) is 45.6 Å². The summed E-state index contributed by atoms with van der Waals surface area (Å²) < 4.78 is 0. The van der Waals surface area contributed by atoms with Crippen LogP contribution in [0.25, 0.3) is 0 Å². The summed E-state index contributed by atoms with van der Waals surface area (Å²) in [7, 11) is 2.12. The smallest absolute Gasteiger partial charge is 0.0364 e. The Hall–Kier alpha value is -1.02. The maximum atomic E-state index is 6.11. The Bertz CT molecular complexity index is 305. The van der Waals surface area contributed by atoms with Crippen molar-refractivity contribution < 1.29 is 0 Å². The molecule has 1 aromatic carbocycles. The molecule has 0 aliphatic rings. The molecule has 1 rings (SSSR count). The second-order valence-electron chi connectivity index (χ2n) is 4.80. The fourth-order valence-electron chi connectivity index (χ4n) is 2.00. The van der Waals surface area contributed by atoms with Crippen LogP contribution in [-0.2, 0) is 6.42 Å². The van der Waals surface area contributed by atoms with Crippen molar-refractivity contribution in [1.29, 1.82) is 0 Å². The van der Waals surface area contributed by atoms with Crippen LogP contribution in [0.3, 0.4) is 0 Å². The number of hydrogen-bond acceptors (Lipinski definition) is 2. The average molecular weight is 234 g/mol. The number of unbranched alkanes of at least 4 members (excludes halogenated alkanes) is 1. The minimum absolute atomic E-state index is 0.283. The van der Waals surface area contributed by atoms with Gasteiger partial charge in [0.15, 0.2) is 0 Å². The van der Waals surface area contributed by atoms with Crippen molar-refractivity contribution in [2.24, 2.45) is 5.73 Å². The Morgan fingerprint density at radius 3 is 2.35 bits per heavy atom. The van der Waals surface area contributed by atoms with Gasteiger partial charge < -0.3 is 10.6 Å². The van der Waals surface area contributed by atoms with E-state index in [-0.39, 0.29) is 6.04 Å². The van der Waals surface area contributed by atoms with E-state index in [0.29, 0.717) is 0 Å². The van der Waals surface area contributed by atoms with Gasteiger partial charge in [0.2, 0.25) is 0 Å². The van der Waals surface area contributed by atoms with Crippen LogP contribution in [-0.4, -0.2) is 19.6 Å². The summed E-state index contributed by atoms with van der Waals surface area (Å²) in [5.41, 5.74) is 8.76. The molecule has 0 spiro atoms. The van der Waals surface area contributed by atoms with Crippen molar-refractivity contribution in [3.63, 3.8) is 0 Å². The Morgan fingerprint density at radius 2 is 1.82 bits per heavy atom. The van der Waals surface area contributed by atoms with E-state index in [1.165, 1.54) is 24.1 Å². The van der Waals surface area contributed by atoms with Crippen LogP contribution in [0, 0.1) is 0 Å². The molecule has 1 aromatic rings. The average Bonchev–Trinajstić information content (AvgIpc) is 2.36. The molecule has 0 fully saturated rings. The highest BCUT2D eigenvalue weighted by Crippen LogP contribution is 2.14. The van der Waals surface area contributed by atoms with Crippen LogP contribution in [0.1, 0.15) is 38.7 Å². The summed E-state index contributed by atoms with van der Waals surface area (Å²) in [6.45, 7) is 5.32. The molecule has 0 heterocycles. The van der Waals surface area contributed by atoms with Gasteiger partial charge in [-0.25, -0.2) is 0 Å². The number of anilines is 1. The van der Waals surface area contributed by atoms with Crippen LogP contribution in [0.4, 0.5) is 5.69 Å². The first-order valence-corrected chi connectivity index (χ1v) is 6.73. The van der Waals surface area contributed by atoms with Gasteiger partial charge in [0.1, 0.15) is 0 Å². The number of nitrogens with two attached hydrogens (primary N) is 1. The number of nitrogens with zero attached hydrogens (tertiary/aromatic N) is 1. The van der Waals surface area contributed by atoms with Crippen LogP contribution in [0.5, 0.6) is 0 Å². The van der Waals surface area contributed by atoms with E-state index in [0.717, 1.165) is 19.4 Å². The first kappa shape index (κ1) is 14.0. The molecule has 1 atom stereocenters. The third kappa shape index (κ3) is 4.78. The monoisotopic (exact) mass is 234 g/mol. The zero-order valence-electron chi connectivity index (χ0n) is 11.4. The van der Waals surface area contributed by atoms with Gasteiger partial charge in [0, 0.05) is 25.3 Å². The first-order valence-electron chi connectivity index (χ1n) is 6.73. The van der Waals surface area contributed by atoms with Gasteiger partial charge in [-0.3, -0.25) is 0 Å². The molecule has 2 heteroatoms. The number of rotatable bonds is 7. The Labute approximate surface area is 106 Å². The standard InChI is InChI=1S/C15H26N2/c1-4-6-7-14(16)12-17(3)15-10-8-13(5-2)9-11-15/h8-11,14H,4-7,12,16H2,1-3H3/t14-/m0/s1. The fourth-order valence-corrected chi connectivity index (χ4v) is 2.00. The van der Waals surface area contributed by atoms with Crippen LogP contribution in [0.15, 0.2) is 24.3 Å². The summed E-state index contributed by atoms with van der Waals surface area (Å²) in [5.74, 6) is 0. The summed E-state index contributed by atoms with van der Waals surface area (Å²) in [6, 6.07) is 9.05. The molecule has 0 aromatic heterocycles. The van der Waals surface area contributed by atoms with Gasteiger partial charge in [0.25, 0.3) is 0 Å². The molecule has 17 heavy (non-hydrogen) atoms. The van der Waals surface area contributed by atoms with Gasteiger partial charge >= 0.3 is 0 Å². The van der Waals surface area contributed by atoms with Gasteiger partial charge in [-0.05, 0) is 30.5 Å². The lowest BCUT2D eigenvalue weighted by molar-refractivity contribution is 0.573. The Morgan fingerprint density at radius 1 is 1.18 bits per heavy atom. The molecule has 2 nitrogen and oxygen atoms in total. The fraction of sp³-hybridized carbons (Fsp3) is 0.600. The van der Waals surface area contributed by atoms with Crippen molar-refractivity contribution >= 4 is 5.69 Å². The van der Waals surface area contributed by atoms with E-state index in [1.54, 1.807) is 0 Å². The van der Waals surface area contributed by atoms with Gasteiger partial charge in [0.05, 0.1) is 0 Å². The highest BCUT2D eigenvalue weighted by atomic mass is 15.1. The van der Waals surface area contributed by atoms with Crippen molar-refractivity contribution in [3.05, 3.63) is 29.8 Å². The third-order valence-electron chi connectivity index (χ3n) is 3.22. The van der Waals surface area contributed by atoms with E-state index in [9.17, 15) is 0 Å². The van der Waals surface area contributed by atoms with Crippen molar-refractivity contribution in [1.82, 2.24) is 0 Å². The Kier molecular flexibility index (Phi) is 6.06. The summed E-state index contributed by atoms with van der Waals surface area (Å²) >= 11 is 0. The minimum Gasteiger partial charge on any atom is -0.373 e. The second kappa shape index (κ2) is 7.33. The van der Waals surface area contributed by atoms with Crippen LogP contribution < -0.4 is 10.6 Å². The molecule has 0 bridgehead atoms. The molecule has 0 saturated heterocycles. The van der Waals surface area contributed by atoms with E-state index >= 15 is 0 Å². The molecule has 0 radical (unpaired) electrons. The van der Waals surface area contributed by atoms with E-state index in [2.05, 4.69) is 50.1 Å². The van der Waals surface area contributed by atoms with Crippen molar-refractivity contribution in [2.75, 3.05) is 18.5 Å². The lowest BCUT2D eigenvalue weighted by Crippen LogP contribution is -2.35. The maximum absolute atomic E-state index is 6.11. The highest BCUT2D eigenvalue weighted by molar-refractivity contribution is 5.47. The molecule has 0 aliphatic carbocycles. The lowest BCUT2D eigenvalue weighted by Gasteiger charge is -2.23. The topological polar surface area (TPSA) is 29.3 Å². The van der Waals surface area contributed by atoms with Crippen molar-refractivity contribution in [3.8, 4) is 0 Å². The van der Waals surface area contributed by atoms with E-state index in [4.69, 9.17) is 5.73 Å². The SMILES string of the molecule is CCCC[C@H](N)CN(C)c1ccc(CC)cc1. The van der Waals surface area contributed by atoms with Gasteiger partial charge in [-0.2, -0.15) is 0 Å². The van der Waals surface area contributed by atoms with Gasteiger partial charge in [-0.1, -0.05) is 38.8 Å². The predicted molar refractivity (Wildman–Crippen MR) is 76.6 cm³/mol. The summed E-state index contributed by atoms with van der Waals surface area (Å²) in [5, 5.41) is 0. The van der Waals surface area contributed by atoms with E-state index in [1.807, 2.05) is 0 Å². The van der Waals surface area contributed by atoms with Gasteiger partial charge in [-0.15, -0.1) is 0 Å². The number of likely N-dealkylation sites (N-methyl/N-ethyl adjacent to an activating group) is 1. The normalized spacial score (nSPS) is 12.5. The molecule has 0 unspecified atom stereocenters. The quantitative estimate of drug-likeness (QED) is 0.785. The Balaban J connectivity index is 2.47. The summed E-state index contributed by atoms with van der Waals surface area (Å²) in [4.78, 5) is 2.25. The molecule has 0 amide bonds. The lowest BCUT2D eigenvalue weighted by atomic mass is 10.1. The molecule has 0 saturated carbocycles. The highest BCUT2D eigenvalue weighted by Gasteiger charge is 2.07. The van der Waals surface area contributed by atoms with Crippen LogP contribution in [0.2, 0.25) is 0 Å². The molecular formula is C15H26N2. The molecule has 96 valence electrons. The summed E-state index contributed by atoms with van der Waals surface area (Å²) in [6.07, 6.45) is 4.67. The zero-order valence-corrected chi connectivity index (χ0v) is 11.4. The van der Waals surface area contributed by atoms with Crippen LogP contribution >= 0.6 is 0 Å². The minimum atomic E-state index is 0.283. The number of benzene rings is 1. The van der Waals surface area contributed by atoms with E-state index < -0.39 is 0 Å². The number of aryl methyl sites for hydroxylation is 1. The molecule has 2 N–H and O–H groups in total. The zero-order chi connectivity index (χ0) is 12.7. The largest absolute Gasteiger partial charge is 0.373 e. The molecular weight excluding hydrogens is 208 g/mol. The first-order chi connectivity index (χ1) is 8.17. The maximum Gasteiger partial charge on any atom is 0.0364 e. The number of hydrogen-bond donors (Lipinski definition) is 1. The molecule has 0 aliphatic heterocycles. The third-order valence-corrected chi connectivity index (χ3v) is 3.22. The second-order valence-corrected chi connectivity index (χ2v) is 4.80.